The third kappa shape index (κ3) is 5.04. The summed E-state index contributed by atoms with van der Waals surface area (Å²) < 4.78 is 48.3. The molecule has 0 aliphatic heterocycles. The molecule has 0 unspecified atom stereocenters. The van der Waals surface area contributed by atoms with Gasteiger partial charge in [-0.1, -0.05) is 36.4 Å². The molecule has 1 fully saturated rings. The number of nitrogens with one attached hydrogen (secondary N) is 1. The van der Waals surface area contributed by atoms with Gasteiger partial charge in [-0.15, -0.1) is 0 Å². The number of benzene rings is 4. The molecule has 4 aromatic carbocycles. The lowest BCUT2D eigenvalue weighted by Crippen LogP contribution is -2.32. The van der Waals surface area contributed by atoms with Crippen LogP contribution in [0.2, 0.25) is 0 Å². The van der Waals surface area contributed by atoms with Gasteiger partial charge in [0.2, 0.25) is 10.0 Å². The second-order valence-corrected chi connectivity index (χ2v) is 12.5. The van der Waals surface area contributed by atoms with Gasteiger partial charge >= 0.3 is 7.12 Å². The highest BCUT2D eigenvalue weighted by Crippen LogP contribution is 2.47. The maximum Gasteiger partial charge on any atom is 0.489 e. The van der Waals surface area contributed by atoms with Crippen molar-refractivity contribution in [2.24, 2.45) is 0 Å². The molecule has 1 aromatic heterocycles. The molecule has 0 saturated heterocycles. The fourth-order valence-electron chi connectivity index (χ4n) is 5.48. The van der Waals surface area contributed by atoms with Crippen molar-refractivity contribution in [1.29, 1.82) is 0 Å². The predicted molar refractivity (Wildman–Crippen MR) is 162 cm³/mol. The Balaban J connectivity index is 1.60. The number of halogens is 1. The lowest BCUT2D eigenvalue weighted by molar-refractivity contribution is 0.0964. The van der Waals surface area contributed by atoms with Crippen molar-refractivity contribution in [1.82, 2.24) is 5.32 Å². The maximum absolute atomic E-state index is 13.8. The number of carbonyl (C=O) groups excluding carboxylic acids is 1. The summed E-state index contributed by atoms with van der Waals surface area (Å²) in [6.07, 6.45) is 2.99. The van der Waals surface area contributed by atoms with Crippen molar-refractivity contribution in [2.45, 2.75) is 25.3 Å². The molecule has 0 bridgehead atoms. The maximum atomic E-state index is 13.8. The summed E-state index contributed by atoms with van der Waals surface area (Å²) in [4.78, 5) is 13.2. The van der Waals surface area contributed by atoms with Crippen LogP contribution in [0.15, 0.2) is 77.2 Å². The van der Waals surface area contributed by atoms with Crippen LogP contribution in [0.4, 0.5) is 10.1 Å². The van der Waals surface area contributed by atoms with Crippen molar-refractivity contribution in [2.75, 3.05) is 17.6 Å². The van der Waals surface area contributed by atoms with Crippen LogP contribution in [0, 0.1) is 5.82 Å². The highest BCUT2D eigenvalue weighted by atomic mass is 32.2. The van der Waals surface area contributed by atoms with Crippen LogP contribution < -0.4 is 15.1 Å². The second-order valence-electron chi connectivity index (χ2n) is 10.6. The Hall–Kier alpha value is -4.19. The number of fused-ring (bicyclic) bond motifs is 2. The van der Waals surface area contributed by atoms with Crippen LogP contribution in [0.3, 0.4) is 0 Å². The summed E-state index contributed by atoms with van der Waals surface area (Å²) in [6, 6.07) is 19.6. The second kappa shape index (κ2) is 10.6. The number of furan rings is 1. The number of amides is 1. The summed E-state index contributed by atoms with van der Waals surface area (Å²) in [5.74, 6) is -0.425. The molecule has 214 valence electrons. The van der Waals surface area contributed by atoms with Crippen LogP contribution in [0.5, 0.6) is 0 Å². The fraction of sp³-hybridized carbons (Fsp3) is 0.194. The molecular weight excluding hydrogens is 558 g/mol. The van der Waals surface area contributed by atoms with Gasteiger partial charge in [-0.05, 0) is 82.5 Å². The summed E-state index contributed by atoms with van der Waals surface area (Å²) in [5, 5.41) is 24.2. The van der Waals surface area contributed by atoms with E-state index in [4.69, 9.17) is 4.42 Å². The van der Waals surface area contributed by atoms with Crippen molar-refractivity contribution < 1.29 is 32.1 Å². The number of hydrogen-bond acceptors (Lipinski definition) is 6. The zero-order chi connectivity index (χ0) is 29.8. The molecule has 1 aliphatic rings. The quantitative estimate of drug-likeness (QED) is 0.234. The number of hydrogen-bond donors (Lipinski definition) is 3. The summed E-state index contributed by atoms with van der Waals surface area (Å²) >= 11 is 0. The Morgan fingerprint density at radius 1 is 1.02 bits per heavy atom. The number of sulfonamides is 1. The minimum Gasteiger partial charge on any atom is -0.453 e. The Morgan fingerprint density at radius 3 is 2.33 bits per heavy atom. The first-order valence-electron chi connectivity index (χ1n) is 13.5. The van der Waals surface area contributed by atoms with Gasteiger partial charge in [0, 0.05) is 18.0 Å². The predicted octanol–water partition coefficient (Wildman–Crippen LogP) is 4.28. The molecule has 42 heavy (non-hydrogen) atoms. The van der Waals surface area contributed by atoms with Gasteiger partial charge in [-0.3, -0.25) is 9.10 Å². The van der Waals surface area contributed by atoms with Crippen molar-refractivity contribution in [3.63, 3.8) is 0 Å². The molecular formula is C31H28BFN2O6S. The molecule has 0 radical (unpaired) electrons. The topological polar surface area (TPSA) is 120 Å². The van der Waals surface area contributed by atoms with Gasteiger partial charge in [-0.2, -0.15) is 0 Å². The lowest BCUT2D eigenvalue weighted by Gasteiger charge is -2.24. The van der Waals surface area contributed by atoms with Crippen LogP contribution in [0.1, 0.15) is 40.2 Å². The highest BCUT2D eigenvalue weighted by Gasteiger charge is 2.32. The molecule has 8 nitrogen and oxygen atoms in total. The van der Waals surface area contributed by atoms with Gasteiger partial charge in [0.25, 0.3) is 5.91 Å². The minimum absolute atomic E-state index is 0.0771. The SMILES string of the molecule is CNC(=O)c1c(-c2ccc(F)cc2)oc2c(N(Cc3ccc(B(O)O)c4ccccc34)S(C)(=O)=O)cc(C3CC3)cc12. The Bertz CT molecular complexity index is 1950. The van der Waals surface area contributed by atoms with E-state index in [0.717, 1.165) is 24.7 Å². The van der Waals surface area contributed by atoms with Crippen LogP contribution in [-0.4, -0.2) is 44.8 Å². The molecule has 5 aromatic rings. The largest absolute Gasteiger partial charge is 0.489 e. The van der Waals surface area contributed by atoms with E-state index in [9.17, 15) is 27.7 Å². The molecule has 6 rings (SSSR count). The minimum atomic E-state index is -3.90. The molecule has 1 amide bonds. The number of carbonyl (C=O) groups is 1. The molecule has 0 atom stereocenters. The van der Waals surface area contributed by atoms with Gasteiger partial charge < -0.3 is 19.8 Å². The Kier molecular flexibility index (Phi) is 7.04. The van der Waals surface area contributed by atoms with Gasteiger partial charge in [0.1, 0.15) is 11.6 Å². The normalized spacial score (nSPS) is 13.5. The van der Waals surface area contributed by atoms with Crippen molar-refractivity contribution >= 4 is 55.9 Å². The summed E-state index contributed by atoms with van der Waals surface area (Å²) in [6.45, 7) is -0.0771. The lowest BCUT2D eigenvalue weighted by atomic mass is 9.76. The van der Waals surface area contributed by atoms with E-state index in [1.54, 1.807) is 42.5 Å². The van der Waals surface area contributed by atoms with E-state index in [0.29, 0.717) is 32.7 Å². The molecule has 0 spiro atoms. The van der Waals surface area contributed by atoms with Crippen LogP contribution in [-0.2, 0) is 16.6 Å². The molecule has 1 aliphatic carbocycles. The van der Waals surface area contributed by atoms with Gasteiger partial charge in [0.05, 0.1) is 24.1 Å². The molecule has 1 saturated carbocycles. The number of rotatable bonds is 8. The zero-order valence-corrected chi connectivity index (χ0v) is 23.8. The Morgan fingerprint density at radius 2 is 1.71 bits per heavy atom. The summed E-state index contributed by atoms with van der Waals surface area (Å²) in [7, 11) is -4.09. The van der Waals surface area contributed by atoms with E-state index < -0.39 is 28.9 Å². The first-order chi connectivity index (χ1) is 20.1. The van der Waals surface area contributed by atoms with Crippen molar-refractivity contribution in [3.05, 3.63) is 95.3 Å². The van der Waals surface area contributed by atoms with Crippen LogP contribution in [0.25, 0.3) is 33.1 Å². The molecule has 11 heteroatoms. The van der Waals surface area contributed by atoms with Gasteiger partial charge in [-0.25, -0.2) is 12.8 Å². The third-order valence-corrected chi connectivity index (χ3v) is 8.84. The zero-order valence-electron chi connectivity index (χ0n) is 23.0. The van der Waals surface area contributed by atoms with E-state index in [1.165, 1.54) is 35.6 Å². The van der Waals surface area contributed by atoms with E-state index in [2.05, 4.69) is 5.32 Å². The van der Waals surface area contributed by atoms with Crippen molar-refractivity contribution in [3.8, 4) is 11.3 Å². The number of anilines is 1. The monoisotopic (exact) mass is 586 g/mol. The average molecular weight is 586 g/mol. The van der Waals surface area contributed by atoms with E-state index >= 15 is 0 Å². The Labute approximate surface area is 242 Å². The van der Waals surface area contributed by atoms with E-state index in [-0.39, 0.29) is 35.1 Å². The highest BCUT2D eigenvalue weighted by molar-refractivity contribution is 7.92. The van der Waals surface area contributed by atoms with E-state index in [1.807, 2.05) is 6.07 Å². The number of nitrogens with zero attached hydrogens (tertiary/aromatic N) is 1. The average Bonchev–Trinajstić information content (AvgIpc) is 3.75. The first-order valence-corrected chi connectivity index (χ1v) is 15.3. The van der Waals surface area contributed by atoms with Crippen LogP contribution >= 0.6 is 0 Å². The first kappa shape index (κ1) is 28.0. The van der Waals surface area contributed by atoms with Gasteiger partial charge in [0.15, 0.2) is 5.58 Å². The fourth-order valence-corrected chi connectivity index (χ4v) is 6.35. The molecule has 3 N–H and O–H groups in total. The standard InChI is InChI=1S/C31H28BFN2O6S/c1-34-31(36)28-25-15-21(18-7-8-18)16-27(30(25)41-29(28)19-9-12-22(33)13-10-19)35(42(2,39)40)17-20-11-14-26(32(37)38)24-6-4-3-5-23(20)24/h3-6,9-16,18,37-38H,7-8,17H2,1-2H3,(H,34,36). The molecule has 1 heterocycles. The smallest absolute Gasteiger partial charge is 0.453 e. The third-order valence-electron chi connectivity index (χ3n) is 7.71. The summed E-state index contributed by atoms with van der Waals surface area (Å²) in [5.41, 5.74) is 3.06.